The van der Waals surface area contributed by atoms with Gasteiger partial charge in [-0.15, -0.1) is 0 Å². The lowest BCUT2D eigenvalue weighted by molar-refractivity contribution is -0.115. The minimum atomic E-state index is -3.39. The predicted octanol–water partition coefficient (Wildman–Crippen LogP) is 1.11. The molecule has 1 atom stereocenters. The summed E-state index contributed by atoms with van der Waals surface area (Å²) in [5, 5.41) is 1.58. The number of hydrogen-bond acceptors (Lipinski definition) is 4. The van der Waals surface area contributed by atoms with Gasteiger partial charge in [0.25, 0.3) is 0 Å². The van der Waals surface area contributed by atoms with Gasteiger partial charge in [-0.05, 0) is 19.1 Å². The minimum Gasteiger partial charge on any atom is -0.325 e. The number of halogens is 1. The van der Waals surface area contributed by atoms with Crippen LogP contribution in [0.2, 0.25) is 5.15 Å². The summed E-state index contributed by atoms with van der Waals surface area (Å²) in [6.45, 7) is 1.33. The summed E-state index contributed by atoms with van der Waals surface area (Å²) < 4.78 is 22.3. The van der Waals surface area contributed by atoms with Crippen molar-refractivity contribution in [3.05, 3.63) is 23.5 Å². The summed E-state index contributed by atoms with van der Waals surface area (Å²) in [5.74, 6) is -0.593. The number of nitrogens with zero attached hydrogens (tertiary/aromatic N) is 1. The second-order valence-corrected chi connectivity index (χ2v) is 6.08. The highest BCUT2D eigenvalue weighted by atomic mass is 35.5. The Morgan fingerprint density at radius 2 is 2.19 bits per heavy atom. The van der Waals surface area contributed by atoms with Crippen LogP contribution >= 0.6 is 11.6 Å². The molecular weight excluding hydrogens is 252 g/mol. The molecule has 0 fully saturated rings. The van der Waals surface area contributed by atoms with Crippen LogP contribution in [0, 0.1) is 0 Å². The van der Waals surface area contributed by atoms with Crippen molar-refractivity contribution in [3.63, 3.8) is 0 Å². The first-order valence-electron chi connectivity index (χ1n) is 4.42. The van der Waals surface area contributed by atoms with Crippen molar-refractivity contribution in [2.75, 3.05) is 11.6 Å². The zero-order chi connectivity index (χ0) is 12.3. The normalized spacial score (nSPS) is 13.2. The topological polar surface area (TPSA) is 76.1 Å². The first kappa shape index (κ1) is 12.9. The number of hydrogen-bond donors (Lipinski definition) is 1. The summed E-state index contributed by atoms with van der Waals surface area (Å²) in [7, 11) is -3.39. The number of sulfone groups is 1. The molecule has 1 aromatic rings. The van der Waals surface area contributed by atoms with Gasteiger partial charge in [0.05, 0.1) is 0 Å². The molecule has 5 nitrogen and oxygen atoms in total. The van der Waals surface area contributed by atoms with Gasteiger partial charge in [0.2, 0.25) is 5.91 Å². The Morgan fingerprint density at radius 3 is 2.69 bits per heavy atom. The van der Waals surface area contributed by atoms with Crippen molar-refractivity contribution in [2.24, 2.45) is 0 Å². The number of carbonyl (C=O) groups is 1. The molecule has 7 heteroatoms. The Bertz CT molecular complexity index is 501. The molecule has 1 N–H and O–H groups in total. The predicted molar refractivity (Wildman–Crippen MR) is 62.2 cm³/mol. The van der Waals surface area contributed by atoms with E-state index in [-0.39, 0.29) is 5.15 Å². The molecule has 0 saturated heterocycles. The fourth-order valence-corrected chi connectivity index (χ4v) is 1.54. The molecule has 0 aliphatic rings. The van der Waals surface area contributed by atoms with Crippen LogP contribution in [0.3, 0.4) is 0 Å². The maximum absolute atomic E-state index is 11.5. The van der Waals surface area contributed by atoms with Gasteiger partial charge in [-0.1, -0.05) is 11.6 Å². The number of anilines is 1. The fraction of sp³-hybridized carbons (Fsp3) is 0.333. The Labute approximate surface area is 98.8 Å². The average molecular weight is 263 g/mol. The van der Waals surface area contributed by atoms with Crippen LogP contribution in [0.4, 0.5) is 5.69 Å². The third-order valence-electron chi connectivity index (χ3n) is 2.01. The molecule has 1 amide bonds. The maximum Gasteiger partial charge on any atom is 0.242 e. The number of amides is 1. The average Bonchev–Trinajstić information content (AvgIpc) is 2.15. The third-order valence-corrected chi connectivity index (χ3v) is 3.71. The lowest BCUT2D eigenvalue weighted by Gasteiger charge is -2.10. The van der Waals surface area contributed by atoms with Crippen LogP contribution in [0.5, 0.6) is 0 Å². The first-order valence-corrected chi connectivity index (χ1v) is 6.75. The summed E-state index contributed by atoms with van der Waals surface area (Å²) in [5.41, 5.74) is 0.417. The van der Waals surface area contributed by atoms with E-state index >= 15 is 0 Å². The Morgan fingerprint density at radius 1 is 1.56 bits per heavy atom. The summed E-state index contributed by atoms with van der Waals surface area (Å²) in [6.07, 6.45) is 2.43. The number of pyridine rings is 1. The highest BCUT2D eigenvalue weighted by molar-refractivity contribution is 7.92. The number of rotatable bonds is 3. The monoisotopic (exact) mass is 262 g/mol. The number of nitrogens with one attached hydrogen (secondary N) is 1. The molecule has 0 spiro atoms. The molecule has 16 heavy (non-hydrogen) atoms. The van der Waals surface area contributed by atoms with Crippen molar-refractivity contribution in [3.8, 4) is 0 Å². The van der Waals surface area contributed by atoms with Crippen molar-refractivity contribution in [2.45, 2.75) is 12.2 Å². The van der Waals surface area contributed by atoms with E-state index in [4.69, 9.17) is 11.6 Å². The first-order chi connectivity index (χ1) is 7.30. The highest BCUT2D eigenvalue weighted by Crippen LogP contribution is 2.13. The summed E-state index contributed by atoms with van der Waals surface area (Å²) in [6, 6.07) is 2.97. The standard InChI is InChI=1S/C9H11ClN2O3S/c1-6(16(2,14)15)9(13)12-7-3-4-11-8(10)5-7/h3-6H,1-2H3,(H,11,12,13). The Hall–Kier alpha value is -1.14. The van der Waals surface area contributed by atoms with Gasteiger partial charge in [0.15, 0.2) is 9.84 Å². The zero-order valence-corrected chi connectivity index (χ0v) is 10.3. The van der Waals surface area contributed by atoms with E-state index in [9.17, 15) is 13.2 Å². The minimum absolute atomic E-state index is 0.227. The van der Waals surface area contributed by atoms with E-state index in [0.29, 0.717) is 5.69 Å². The SMILES string of the molecule is CC(C(=O)Nc1ccnc(Cl)c1)S(C)(=O)=O. The van der Waals surface area contributed by atoms with Gasteiger partial charge < -0.3 is 5.32 Å². The van der Waals surface area contributed by atoms with Gasteiger partial charge in [-0.25, -0.2) is 13.4 Å². The van der Waals surface area contributed by atoms with E-state index in [1.165, 1.54) is 25.3 Å². The van der Waals surface area contributed by atoms with E-state index in [2.05, 4.69) is 10.3 Å². The lowest BCUT2D eigenvalue weighted by atomic mass is 10.3. The third kappa shape index (κ3) is 3.46. The van der Waals surface area contributed by atoms with Gasteiger partial charge >= 0.3 is 0 Å². The van der Waals surface area contributed by atoms with Gasteiger partial charge in [0, 0.05) is 18.1 Å². The second-order valence-electron chi connectivity index (χ2n) is 3.33. The van der Waals surface area contributed by atoms with E-state index in [1.807, 2.05) is 0 Å². The van der Waals surface area contributed by atoms with Crippen LogP contribution in [0.1, 0.15) is 6.92 Å². The van der Waals surface area contributed by atoms with Gasteiger partial charge in [-0.2, -0.15) is 0 Å². The Kier molecular flexibility index (Phi) is 3.88. The molecule has 88 valence electrons. The molecule has 0 radical (unpaired) electrons. The fourth-order valence-electron chi connectivity index (χ4n) is 0.919. The smallest absolute Gasteiger partial charge is 0.242 e. The number of carbonyl (C=O) groups excluding carboxylic acids is 1. The largest absolute Gasteiger partial charge is 0.325 e. The molecule has 1 heterocycles. The molecule has 0 bridgehead atoms. The van der Waals surface area contributed by atoms with Crippen LogP contribution < -0.4 is 5.32 Å². The molecule has 0 aromatic carbocycles. The number of aromatic nitrogens is 1. The van der Waals surface area contributed by atoms with Crippen LogP contribution in [-0.4, -0.2) is 30.8 Å². The van der Waals surface area contributed by atoms with Gasteiger partial charge in [0.1, 0.15) is 10.4 Å². The zero-order valence-electron chi connectivity index (χ0n) is 8.77. The van der Waals surface area contributed by atoms with Crippen molar-refractivity contribution < 1.29 is 13.2 Å². The summed E-state index contributed by atoms with van der Waals surface area (Å²) >= 11 is 5.62. The van der Waals surface area contributed by atoms with Crippen molar-refractivity contribution in [1.29, 1.82) is 0 Å². The molecule has 0 saturated carbocycles. The molecule has 1 rings (SSSR count). The van der Waals surface area contributed by atoms with E-state index in [1.54, 1.807) is 0 Å². The maximum atomic E-state index is 11.5. The Balaban J connectivity index is 2.80. The lowest BCUT2D eigenvalue weighted by Crippen LogP contribution is -2.31. The molecule has 1 unspecified atom stereocenters. The summed E-state index contributed by atoms with van der Waals surface area (Å²) in [4.78, 5) is 15.3. The highest BCUT2D eigenvalue weighted by Gasteiger charge is 2.23. The van der Waals surface area contributed by atoms with Crippen molar-refractivity contribution >= 4 is 33.0 Å². The van der Waals surface area contributed by atoms with E-state index in [0.717, 1.165) is 6.26 Å². The van der Waals surface area contributed by atoms with Gasteiger partial charge in [-0.3, -0.25) is 4.79 Å². The molecule has 1 aromatic heterocycles. The second kappa shape index (κ2) is 4.80. The van der Waals surface area contributed by atoms with Crippen LogP contribution in [0.25, 0.3) is 0 Å². The molecule has 0 aliphatic carbocycles. The van der Waals surface area contributed by atoms with Crippen LogP contribution in [0.15, 0.2) is 18.3 Å². The van der Waals surface area contributed by atoms with E-state index < -0.39 is 21.0 Å². The molecular formula is C9H11ClN2O3S. The molecule has 0 aliphatic heterocycles. The quantitative estimate of drug-likeness (QED) is 0.828. The van der Waals surface area contributed by atoms with Crippen LogP contribution in [-0.2, 0) is 14.6 Å². The van der Waals surface area contributed by atoms with Crippen molar-refractivity contribution in [1.82, 2.24) is 4.98 Å².